The van der Waals surface area contributed by atoms with Gasteiger partial charge in [-0.25, -0.2) is 0 Å². The number of rotatable bonds is 5. The molecule has 1 aliphatic rings. The van der Waals surface area contributed by atoms with Gasteiger partial charge in [-0.3, -0.25) is 14.3 Å². The maximum Gasteiger partial charge on any atom is 0.233 e. The van der Waals surface area contributed by atoms with Crippen molar-refractivity contribution in [1.29, 1.82) is 0 Å². The lowest BCUT2D eigenvalue weighted by atomic mass is 10.2. The molecule has 0 aliphatic carbocycles. The zero-order valence-corrected chi connectivity index (χ0v) is 17.3. The minimum Gasteiger partial charge on any atom is -0.375 e. The molecule has 0 bridgehead atoms. The number of carbonyl (C=O) groups excluding carboxylic acids is 1. The van der Waals surface area contributed by atoms with Crippen LogP contribution in [-0.2, 0) is 9.53 Å². The molecule has 1 aliphatic heterocycles. The van der Waals surface area contributed by atoms with Gasteiger partial charge in [-0.05, 0) is 37.6 Å². The lowest BCUT2D eigenvalue weighted by molar-refractivity contribution is -0.135. The Balaban J connectivity index is 1.63. The van der Waals surface area contributed by atoms with Gasteiger partial charge in [-0.15, -0.1) is 10.2 Å². The average Bonchev–Trinajstić information content (AvgIpc) is 3.16. The van der Waals surface area contributed by atoms with Crippen molar-refractivity contribution in [2.75, 3.05) is 25.4 Å². The van der Waals surface area contributed by atoms with Crippen LogP contribution in [0.25, 0.3) is 17.1 Å². The fraction of sp³-hybridized carbons (Fsp3) is 0.333. The number of pyridine rings is 1. The molecule has 1 atom stereocenters. The van der Waals surface area contributed by atoms with E-state index in [-0.39, 0.29) is 12.0 Å². The molecule has 29 heavy (non-hydrogen) atoms. The number of hydrogen-bond donors (Lipinski definition) is 0. The molecular weight excluding hydrogens is 386 g/mol. The predicted octanol–water partition coefficient (Wildman–Crippen LogP) is 2.98. The Hall–Kier alpha value is -2.71. The van der Waals surface area contributed by atoms with E-state index in [0.717, 1.165) is 16.8 Å². The number of amides is 1. The first kappa shape index (κ1) is 19.6. The van der Waals surface area contributed by atoms with E-state index in [4.69, 9.17) is 4.74 Å². The number of thioether (sulfide) groups is 1. The first-order chi connectivity index (χ1) is 14.1. The molecule has 0 spiro atoms. The summed E-state index contributed by atoms with van der Waals surface area (Å²) in [7, 11) is 0. The predicted molar refractivity (Wildman–Crippen MR) is 112 cm³/mol. The van der Waals surface area contributed by atoms with Gasteiger partial charge in [-0.2, -0.15) is 0 Å². The number of carbonyl (C=O) groups is 1. The van der Waals surface area contributed by atoms with Crippen LogP contribution in [-0.4, -0.2) is 62.1 Å². The SMILES string of the molecule is Cc1ccccc1-n1c(SCC(=O)N2CCOC(C)C2)nnc1-c1cccnc1. The summed E-state index contributed by atoms with van der Waals surface area (Å²) < 4.78 is 7.54. The van der Waals surface area contributed by atoms with E-state index < -0.39 is 0 Å². The van der Waals surface area contributed by atoms with E-state index in [1.165, 1.54) is 11.8 Å². The van der Waals surface area contributed by atoms with Crippen LogP contribution in [0.2, 0.25) is 0 Å². The summed E-state index contributed by atoms with van der Waals surface area (Å²) in [6.07, 6.45) is 3.58. The summed E-state index contributed by atoms with van der Waals surface area (Å²) in [6.45, 7) is 5.89. The number of ether oxygens (including phenoxy) is 1. The fourth-order valence-electron chi connectivity index (χ4n) is 3.34. The summed E-state index contributed by atoms with van der Waals surface area (Å²) >= 11 is 1.41. The van der Waals surface area contributed by atoms with E-state index in [9.17, 15) is 4.79 Å². The van der Waals surface area contributed by atoms with E-state index in [1.807, 2.05) is 46.7 Å². The minimum atomic E-state index is 0.0745. The van der Waals surface area contributed by atoms with Gasteiger partial charge in [-0.1, -0.05) is 30.0 Å². The smallest absolute Gasteiger partial charge is 0.233 e. The van der Waals surface area contributed by atoms with Gasteiger partial charge in [0.25, 0.3) is 0 Å². The van der Waals surface area contributed by atoms with Gasteiger partial charge < -0.3 is 9.64 Å². The zero-order chi connectivity index (χ0) is 20.2. The molecule has 4 rings (SSSR count). The molecule has 1 aromatic carbocycles. The molecule has 8 heteroatoms. The summed E-state index contributed by atoms with van der Waals surface area (Å²) in [6, 6.07) is 11.9. The van der Waals surface area contributed by atoms with Crippen LogP contribution in [0.4, 0.5) is 0 Å². The van der Waals surface area contributed by atoms with Crippen LogP contribution < -0.4 is 0 Å². The van der Waals surface area contributed by atoms with E-state index >= 15 is 0 Å². The highest BCUT2D eigenvalue weighted by Crippen LogP contribution is 2.29. The quantitative estimate of drug-likeness (QED) is 0.603. The lowest BCUT2D eigenvalue weighted by Crippen LogP contribution is -2.45. The van der Waals surface area contributed by atoms with Crippen molar-refractivity contribution in [2.45, 2.75) is 25.1 Å². The summed E-state index contributed by atoms with van der Waals surface area (Å²) in [5.74, 6) is 1.11. The van der Waals surface area contributed by atoms with Crippen LogP contribution >= 0.6 is 11.8 Å². The first-order valence-corrected chi connectivity index (χ1v) is 10.6. The maximum atomic E-state index is 12.7. The van der Waals surface area contributed by atoms with Crippen molar-refractivity contribution < 1.29 is 9.53 Å². The highest BCUT2D eigenvalue weighted by Gasteiger charge is 2.23. The Labute approximate surface area is 174 Å². The fourth-order valence-corrected chi connectivity index (χ4v) is 4.19. The molecule has 1 amide bonds. The molecule has 0 saturated carbocycles. The molecule has 3 aromatic rings. The first-order valence-electron chi connectivity index (χ1n) is 9.57. The number of hydrogen-bond acceptors (Lipinski definition) is 6. The molecule has 3 heterocycles. The standard InChI is InChI=1S/C21H23N5O2S/c1-15-6-3-4-8-18(15)26-20(17-7-5-9-22-12-17)23-24-21(26)29-14-19(27)25-10-11-28-16(2)13-25/h3-9,12,16H,10-11,13-14H2,1-2H3. The topological polar surface area (TPSA) is 73.1 Å². The third-order valence-electron chi connectivity index (χ3n) is 4.83. The molecule has 1 unspecified atom stereocenters. The van der Waals surface area contributed by atoms with Gasteiger partial charge in [0.1, 0.15) is 0 Å². The lowest BCUT2D eigenvalue weighted by Gasteiger charge is -2.31. The second-order valence-electron chi connectivity index (χ2n) is 6.98. The second-order valence-corrected chi connectivity index (χ2v) is 7.92. The molecular formula is C21H23N5O2S. The van der Waals surface area contributed by atoms with Crippen molar-refractivity contribution >= 4 is 17.7 Å². The normalized spacial score (nSPS) is 16.8. The molecule has 150 valence electrons. The Morgan fingerprint density at radius 1 is 1.24 bits per heavy atom. The van der Waals surface area contributed by atoms with Gasteiger partial charge >= 0.3 is 0 Å². The van der Waals surface area contributed by atoms with Crippen LogP contribution in [0.15, 0.2) is 53.9 Å². The van der Waals surface area contributed by atoms with Crippen LogP contribution in [0.3, 0.4) is 0 Å². The van der Waals surface area contributed by atoms with Crippen LogP contribution in [0.5, 0.6) is 0 Å². The van der Waals surface area contributed by atoms with Crippen LogP contribution in [0.1, 0.15) is 12.5 Å². The minimum absolute atomic E-state index is 0.0745. The maximum absolute atomic E-state index is 12.7. The molecule has 1 saturated heterocycles. The Bertz CT molecular complexity index is 992. The van der Waals surface area contributed by atoms with Gasteiger partial charge in [0.15, 0.2) is 11.0 Å². The number of nitrogens with zero attached hydrogens (tertiary/aromatic N) is 5. The number of aryl methyl sites for hydroxylation is 1. The Morgan fingerprint density at radius 3 is 2.86 bits per heavy atom. The summed E-state index contributed by atoms with van der Waals surface area (Å²) in [4.78, 5) is 18.8. The second kappa shape index (κ2) is 8.75. The molecule has 0 radical (unpaired) electrons. The molecule has 1 fully saturated rings. The van der Waals surface area contributed by atoms with Gasteiger partial charge in [0.2, 0.25) is 5.91 Å². The largest absolute Gasteiger partial charge is 0.375 e. The van der Waals surface area contributed by atoms with Crippen molar-refractivity contribution in [3.8, 4) is 17.1 Å². The molecule has 0 N–H and O–H groups in total. The summed E-state index contributed by atoms with van der Waals surface area (Å²) in [5, 5.41) is 9.50. The monoisotopic (exact) mass is 409 g/mol. The van der Waals surface area contributed by atoms with Crippen molar-refractivity contribution in [3.63, 3.8) is 0 Å². The van der Waals surface area contributed by atoms with Crippen molar-refractivity contribution in [1.82, 2.24) is 24.6 Å². The number of morpholine rings is 1. The van der Waals surface area contributed by atoms with Gasteiger partial charge in [0, 0.05) is 31.0 Å². The molecule has 2 aromatic heterocycles. The van der Waals surface area contributed by atoms with Crippen molar-refractivity contribution in [3.05, 3.63) is 54.4 Å². The number of benzene rings is 1. The van der Waals surface area contributed by atoms with E-state index in [1.54, 1.807) is 12.4 Å². The average molecular weight is 410 g/mol. The Kier molecular flexibility index (Phi) is 5.92. The highest BCUT2D eigenvalue weighted by molar-refractivity contribution is 7.99. The number of aromatic nitrogens is 4. The highest BCUT2D eigenvalue weighted by atomic mass is 32.2. The van der Waals surface area contributed by atoms with E-state index in [2.05, 4.69) is 28.2 Å². The van der Waals surface area contributed by atoms with Gasteiger partial charge in [0.05, 0.1) is 24.2 Å². The zero-order valence-electron chi connectivity index (χ0n) is 16.5. The third kappa shape index (κ3) is 4.33. The van der Waals surface area contributed by atoms with Crippen LogP contribution in [0, 0.1) is 6.92 Å². The Morgan fingerprint density at radius 2 is 2.10 bits per heavy atom. The van der Waals surface area contributed by atoms with Crippen molar-refractivity contribution in [2.24, 2.45) is 0 Å². The third-order valence-corrected chi connectivity index (χ3v) is 5.74. The molecule has 7 nitrogen and oxygen atoms in total. The number of para-hydroxylation sites is 1. The summed E-state index contributed by atoms with van der Waals surface area (Å²) in [5.41, 5.74) is 2.97. The van der Waals surface area contributed by atoms with E-state index in [0.29, 0.717) is 36.4 Å².